The van der Waals surface area contributed by atoms with Crippen LogP contribution in [0.3, 0.4) is 0 Å². The number of amides is 1. The fourth-order valence-corrected chi connectivity index (χ4v) is 4.40. The fourth-order valence-electron chi connectivity index (χ4n) is 4.22. The van der Waals surface area contributed by atoms with E-state index in [1.165, 1.54) is 17.4 Å². The smallest absolute Gasteiger partial charge is 0.341 e. The third kappa shape index (κ3) is 4.26. The molecule has 0 spiro atoms. The molecule has 1 amide bonds. The molecule has 1 atom stereocenters. The first-order valence-corrected chi connectivity index (χ1v) is 11.5. The van der Waals surface area contributed by atoms with Crippen molar-refractivity contribution in [2.24, 2.45) is 0 Å². The molecule has 2 aliphatic rings. The van der Waals surface area contributed by atoms with Crippen molar-refractivity contribution in [2.75, 3.05) is 13.2 Å². The Morgan fingerprint density at radius 3 is 2.82 bits per heavy atom. The molecule has 7 nitrogen and oxygen atoms in total. The number of carbonyl (C=O) groups is 2. The zero-order valence-electron chi connectivity index (χ0n) is 18.5. The van der Waals surface area contributed by atoms with Gasteiger partial charge in [-0.2, -0.15) is 0 Å². The summed E-state index contributed by atoms with van der Waals surface area (Å²) in [7, 11) is 0. The van der Waals surface area contributed by atoms with Crippen molar-refractivity contribution in [3.8, 4) is 0 Å². The average Bonchev–Trinajstić information content (AvgIpc) is 3.39. The molecule has 1 unspecified atom stereocenters. The van der Waals surface area contributed by atoms with Gasteiger partial charge in [0.05, 0.1) is 17.9 Å². The minimum Gasteiger partial charge on any atom is -0.462 e. The van der Waals surface area contributed by atoms with Gasteiger partial charge >= 0.3 is 5.97 Å². The molecule has 174 valence electrons. The molecule has 5 rings (SSSR count). The highest BCUT2D eigenvalue weighted by Crippen LogP contribution is 2.33. The number of rotatable bonds is 5. The van der Waals surface area contributed by atoms with Crippen molar-refractivity contribution in [1.29, 1.82) is 0 Å². The first kappa shape index (κ1) is 22.1. The average molecular weight is 479 g/mol. The highest BCUT2D eigenvalue weighted by atomic mass is 35.5. The maximum Gasteiger partial charge on any atom is 0.341 e. The van der Waals surface area contributed by atoms with E-state index in [-0.39, 0.29) is 23.8 Å². The van der Waals surface area contributed by atoms with Crippen LogP contribution >= 0.6 is 11.6 Å². The molecule has 0 fully saturated rings. The second-order valence-corrected chi connectivity index (χ2v) is 8.47. The summed E-state index contributed by atoms with van der Waals surface area (Å²) in [5.74, 6) is -0.802. The van der Waals surface area contributed by atoms with Crippen LogP contribution in [0.5, 0.6) is 0 Å². The molecule has 34 heavy (non-hydrogen) atoms. The van der Waals surface area contributed by atoms with Gasteiger partial charge < -0.3 is 24.1 Å². The number of ether oxygens (including phenoxy) is 3. The van der Waals surface area contributed by atoms with Gasteiger partial charge in [0.1, 0.15) is 6.26 Å². The predicted octanol–water partition coefficient (Wildman–Crippen LogP) is 4.57. The van der Waals surface area contributed by atoms with E-state index in [1.54, 1.807) is 13.0 Å². The number of H-pyrrole nitrogens is 1. The highest BCUT2D eigenvalue weighted by molar-refractivity contribution is 6.31. The predicted molar refractivity (Wildman–Crippen MR) is 128 cm³/mol. The Bertz CT molecular complexity index is 1310. The van der Waals surface area contributed by atoms with E-state index in [4.69, 9.17) is 25.8 Å². The van der Waals surface area contributed by atoms with E-state index in [9.17, 15) is 9.59 Å². The molecule has 2 aromatic carbocycles. The number of fused-ring (bicyclic) bond motifs is 3. The third-order valence-corrected chi connectivity index (χ3v) is 6.06. The van der Waals surface area contributed by atoms with Crippen LogP contribution < -0.4 is 0 Å². The molecule has 0 saturated heterocycles. The minimum atomic E-state index is -0.583. The molecule has 0 bridgehead atoms. The maximum absolute atomic E-state index is 13.3. The molecule has 2 aliphatic heterocycles. The van der Waals surface area contributed by atoms with Gasteiger partial charge in [-0.05, 0) is 42.7 Å². The van der Waals surface area contributed by atoms with Gasteiger partial charge in [0.15, 0.2) is 0 Å². The Morgan fingerprint density at radius 2 is 2.03 bits per heavy atom. The first-order valence-electron chi connectivity index (χ1n) is 11.1. The van der Waals surface area contributed by atoms with Gasteiger partial charge in [-0.15, -0.1) is 0 Å². The second kappa shape index (κ2) is 9.27. The number of hydrogen-bond donors (Lipinski definition) is 1. The summed E-state index contributed by atoms with van der Waals surface area (Å²) in [4.78, 5) is 30.9. The number of halogens is 1. The van der Waals surface area contributed by atoms with Crippen molar-refractivity contribution in [3.63, 3.8) is 0 Å². The molecular weight excluding hydrogens is 456 g/mol. The van der Waals surface area contributed by atoms with E-state index in [2.05, 4.69) is 4.98 Å². The Balaban J connectivity index is 1.41. The third-order valence-electron chi connectivity index (χ3n) is 5.82. The Kier molecular flexibility index (Phi) is 6.02. The first-order chi connectivity index (χ1) is 16.5. The molecule has 0 aliphatic carbocycles. The van der Waals surface area contributed by atoms with Crippen molar-refractivity contribution < 1.29 is 23.8 Å². The molecule has 3 heterocycles. The molecule has 1 N–H and O–H groups in total. The quantitative estimate of drug-likeness (QED) is 0.543. The van der Waals surface area contributed by atoms with E-state index >= 15 is 0 Å². The number of benzene rings is 2. The fraction of sp³-hybridized carbons (Fsp3) is 0.231. The molecular formula is C26H23ClN2O5. The normalized spacial score (nSPS) is 17.2. The van der Waals surface area contributed by atoms with Crippen LogP contribution in [0, 0.1) is 0 Å². The summed E-state index contributed by atoms with van der Waals surface area (Å²) < 4.78 is 16.7. The van der Waals surface area contributed by atoms with E-state index in [0.717, 1.165) is 22.0 Å². The topological polar surface area (TPSA) is 80.9 Å². The maximum atomic E-state index is 13.3. The lowest BCUT2D eigenvalue weighted by Gasteiger charge is -2.18. The number of carbonyl (C=O) groups excluding carboxylic acids is 2. The zero-order chi connectivity index (χ0) is 23.7. The van der Waals surface area contributed by atoms with E-state index in [0.29, 0.717) is 30.1 Å². The lowest BCUT2D eigenvalue weighted by atomic mass is 10.0. The van der Waals surface area contributed by atoms with Crippen LogP contribution in [0.15, 0.2) is 66.8 Å². The van der Waals surface area contributed by atoms with Gasteiger partial charge in [0.25, 0.3) is 5.91 Å². The number of aromatic amines is 1. The summed E-state index contributed by atoms with van der Waals surface area (Å²) >= 11 is 6.22. The van der Waals surface area contributed by atoms with Gasteiger partial charge in [0.2, 0.25) is 12.0 Å². The van der Waals surface area contributed by atoms with Gasteiger partial charge in [-0.3, -0.25) is 4.79 Å². The molecule has 1 aromatic heterocycles. The standard InChI is InChI=1S/C26H23ClN2O5/c1-2-32-26(31)20-14-29(11-10-18-19-13-17(27)8-9-21(19)28-24(18)20)25(30)22-15-33-23(34-22)12-16-6-4-3-5-7-16/h3-9,13-15,23,28H,2,10-12H2,1H3. The van der Waals surface area contributed by atoms with Crippen LogP contribution in [0.4, 0.5) is 0 Å². The molecule has 8 heteroatoms. The van der Waals surface area contributed by atoms with Crippen LogP contribution in [-0.2, 0) is 36.6 Å². The monoisotopic (exact) mass is 478 g/mol. The number of esters is 1. The van der Waals surface area contributed by atoms with Gasteiger partial charge in [-0.1, -0.05) is 41.9 Å². The Morgan fingerprint density at radius 1 is 1.21 bits per heavy atom. The Hall–Kier alpha value is -3.71. The van der Waals surface area contributed by atoms with E-state index in [1.807, 2.05) is 42.5 Å². The van der Waals surface area contributed by atoms with Crippen LogP contribution in [0.1, 0.15) is 23.7 Å². The SMILES string of the molecule is CCOC(=O)C1=CN(C(=O)C2=COC(Cc3ccccc3)O2)CCc2c1[nH]c1ccc(Cl)cc21. The lowest BCUT2D eigenvalue weighted by Crippen LogP contribution is -2.30. The molecule has 0 radical (unpaired) electrons. The second-order valence-electron chi connectivity index (χ2n) is 8.04. The van der Waals surface area contributed by atoms with Crippen LogP contribution in [-0.4, -0.2) is 41.2 Å². The summed E-state index contributed by atoms with van der Waals surface area (Å²) in [6.45, 7) is 2.30. The Labute approximate surface area is 201 Å². The van der Waals surface area contributed by atoms with Crippen molar-refractivity contribution in [2.45, 2.75) is 26.1 Å². The minimum absolute atomic E-state index is 0.0962. The van der Waals surface area contributed by atoms with Crippen molar-refractivity contribution in [3.05, 3.63) is 88.6 Å². The summed E-state index contributed by atoms with van der Waals surface area (Å²) in [6, 6.07) is 15.3. The molecule has 0 saturated carbocycles. The highest BCUT2D eigenvalue weighted by Gasteiger charge is 2.32. The molecule has 3 aromatic rings. The number of hydrogen-bond acceptors (Lipinski definition) is 5. The number of nitrogens with one attached hydrogen (secondary N) is 1. The van der Waals surface area contributed by atoms with E-state index < -0.39 is 12.3 Å². The largest absolute Gasteiger partial charge is 0.462 e. The van der Waals surface area contributed by atoms with Crippen LogP contribution in [0.25, 0.3) is 16.5 Å². The summed E-state index contributed by atoms with van der Waals surface area (Å²) in [5.41, 5.74) is 3.72. The summed E-state index contributed by atoms with van der Waals surface area (Å²) in [5, 5.41) is 1.51. The van der Waals surface area contributed by atoms with Gasteiger partial charge in [-0.25, -0.2) is 4.79 Å². The summed E-state index contributed by atoms with van der Waals surface area (Å²) in [6.07, 6.45) is 3.31. The van der Waals surface area contributed by atoms with Crippen molar-refractivity contribution in [1.82, 2.24) is 9.88 Å². The van der Waals surface area contributed by atoms with Crippen LogP contribution in [0.2, 0.25) is 5.02 Å². The zero-order valence-corrected chi connectivity index (χ0v) is 19.3. The number of nitrogens with zero attached hydrogens (tertiary/aromatic N) is 1. The van der Waals surface area contributed by atoms with Gasteiger partial charge in [0, 0.05) is 35.1 Å². The number of aromatic nitrogens is 1. The lowest BCUT2D eigenvalue weighted by molar-refractivity contribution is -0.136. The van der Waals surface area contributed by atoms with Crippen molar-refractivity contribution >= 4 is 40.0 Å².